The number of rotatable bonds is 5. The monoisotopic (exact) mass is 220 g/mol. The van der Waals surface area contributed by atoms with Crippen LogP contribution in [-0.2, 0) is 0 Å². The van der Waals surface area contributed by atoms with Crippen LogP contribution in [0.1, 0.15) is 29.6 Å². The molecule has 0 bridgehead atoms. The van der Waals surface area contributed by atoms with Crippen molar-refractivity contribution >= 4 is 11.6 Å². The Balaban J connectivity index is 1.95. The zero-order valence-electron chi connectivity index (χ0n) is 9.11. The zero-order valence-corrected chi connectivity index (χ0v) is 9.11. The normalized spacial score (nSPS) is 14.8. The molecule has 4 N–H and O–H groups in total. The van der Waals surface area contributed by atoms with E-state index >= 15 is 0 Å². The van der Waals surface area contributed by atoms with Crippen LogP contribution in [0.15, 0.2) is 18.2 Å². The molecule has 1 aliphatic carbocycles. The molecule has 0 atom stereocenters. The van der Waals surface area contributed by atoms with Crippen LogP contribution in [0.2, 0.25) is 0 Å². The van der Waals surface area contributed by atoms with Gasteiger partial charge in [0.05, 0.1) is 12.3 Å². The van der Waals surface area contributed by atoms with Gasteiger partial charge < -0.3 is 16.2 Å². The third-order valence-corrected chi connectivity index (χ3v) is 2.77. The zero-order chi connectivity index (χ0) is 11.5. The Morgan fingerprint density at radius 2 is 2.19 bits per heavy atom. The predicted molar refractivity (Wildman–Crippen MR) is 62.2 cm³/mol. The molecule has 4 heteroatoms. The van der Waals surface area contributed by atoms with E-state index in [9.17, 15) is 4.79 Å². The summed E-state index contributed by atoms with van der Waals surface area (Å²) in [6, 6.07) is 4.88. The molecular formula is C12H16N2O2. The van der Waals surface area contributed by atoms with Crippen LogP contribution in [0.4, 0.5) is 5.69 Å². The third kappa shape index (κ3) is 2.66. The molecule has 0 aromatic heterocycles. The van der Waals surface area contributed by atoms with Crippen molar-refractivity contribution in [1.29, 1.82) is 0 Å². The fraction of sp³-hybridized carbons (Fsp3) is 0.417. The van der Waals surface area contributed by atoms with E-state index in [1.54, 1.807) is 18.2 Å². The van der Waals surface area contributed by atoms with Gasteiger partial charge in [0.2, 0.25) is 5.91 Å². The Kier molecular flexibility index (Phi) is 2.99. The fourth-order valence-corrected chi connectivity index (χ4v) is 1.58. The van der Waals surface area contributed by atoms with Crippen LogP contribution in [0.5, 0.6) is 5.75 Å². The molecule has 2 rings (SSSR count). The van der Waals surface area contributed by atoms with Crippen molar-refractivity contribution in [3.05, 3.63) is 23.8 Å². The minimum atomic E-state index is -0.476. The Labute approximate surface area is 94.6 Å². The number of hydrogen-bond acceptors (Lipinski definition) is 3. The number of carbonyl (C=O) groups excluding carboxylic acids is 1. The summed E-state index contributed by atoms with van der Waals surface area (Å²) >= 11 is 0. The van der Waals surface area contributed by atoms with E-state index in [2.05, 4.69) is 0 Å². The molecule has 1 aromatic carbocycles. The maximum atomic E-state index is 10.9. The molecule has 4 nitrogen and oxygen atoms in total. The second-order valence-electron chi connectivity index (χ2n) is 4.20. The SMILES string of the molecule is NC(=O)c1ccc(OCCC2CC2)c(N)c1. The molecule has 0 unspecified atom stereocenters. The molecule has 1 aromatic rings. The lowest BCUT2D eigenvalue weighted by Crippen LogP contribution is -2.11. The highest BCUT2D eigenvalue weighted by molar-refractivity contribution is 5.94. The maximum absolute atomic E-state index is 10.9. The predicted octanol–water partition coefficient (Wildman–Crippen LogP) is 1.55. The van der Waals surface area contributed by atoms with Crippen LogP contribution < -0.4 is 16.2 Å². The van der Waals surface area contributed by atoms with Gasteiger partial charge in [-0.2, -0.15) is 0 Å². The van der Waals surface area contributed by atoms with Crippen LogP contribution >= 0.6 is 0 Å². The highest BCUT2D eigenvalue weighted by Crippen LogP contribution is 2.32. The third-order valence-electron chi connectivity index (χ3n) is 2.77. The van der Waals surface area contributed by atoms with Crippen molar-refractivity contribution in [2.24, 2.45) is 11.7 Å². The topological polar surface area (TPSA) is 78.3 Å². The number of primary amides is 1. The second-order valence-corrected chi connectivity index (χ2v) is 4.20. The Hall–Kier alpha value is -1.71. The van der Waals surface area contributed by atoms with Crippen LogP contribution in [0.3, 0.4) is 0 Å². The Morgan fingerprint density at radius 3 is 2.75 bits per heavy atom. The van der Waals surface area contributed by atoms with E-state index < -0.39 is 5.91 Å². The summed E-state index contributed by atoms with van der Waals surface area (Å²) in [5, 5.41) is 0. The smallest absolute Gasteiger partial charge is 0.248 e. The van der Waals surface area contributed by atoms with Gasteiger partial charge in [-0.3, -0.25) is 4.79 Å². The summed E-state index contributed by atoms with van der Waals surface area (Å²) in [5.41, 5.74) is 11.8. The van der Waals surface area contributed by atoms with Gasteiger partial charge in [-0.1, -0.05) is 12.8 Å². The Morgan fingerprint density at radius 1 is 1.44 bits per heavy atom. The van der Waals surface area contributed by atoms with Gasteiger partial charge in [0.15, 0.2) is 0 Å². The summed E-state index contributed by atoms with van der Waals surface area (Å²) < 4.78 is 5.55. The molecule has 1 saturated carbocycles. The largest absolute Gasteiger partial charge is 0.491 e. The van der Waals surface area contributed by atoms with E-state index in [1.807, 2.05) is 0 Å². The number of carbonyl (C=O) groups is 1. The van der Waals surface area contributed by atoms with E-state index in [1.165, 1.54) is 12.8 Å². The molecule has 0 aliphatic heterocycles. The van der Waals surface area contributed by atoms with Gasteiger partial charge in [0, 0.05) is 5.56 Å². The molecule has 1 aliphatic rings. The Bertz CT molecular complexity index is 400. The minimum absolute atomic E-state index is 0.409. The second kappa shape index (κ2) is 4.43. The lowest BCUT2D eigenvalue weighted by Gasteiger charge is -2.09. The molecule has 0 heterocycles. The summed E-state index contributed by atoms with van der Waals surface area (Å²) in [6.45, 7) is 0.685. The average Bonchev–Trinajstić information content (AvgIpc) is 3.04. The van der Waals surface area contributed by atoms with Crippen LogP contribution in [0.25, 0.3) is 0 Å². The van der Waals surface area contributed by atoms with Crippen molar-refractivity contribution in [2.45, 2.75) is 19.3 Å². The lowest BCUT2D eigenvalue weighted by molar-refractivity contribution is 0.100. The number of benzene rings is 1. The number of hydrogen-bond donors (Lipinski definition) is 2. The first kappa shape index (κ1) is 10.8. The van der Waals surface area contributed by atoms with Crippen LogP contribution in [-0.4, -0.2) is 12.5 Å². The first-order valence-corrected chi connectivity index (χ1v) is 5.49. The van der Waals surface area contributed by atoms with Gasteiger partial charge in [-0.25, -0.2) is 0 Å². The van der Waals surface area contributed by atoms with Crippen LogP contribution in [0, 0.1) is 5.92 Å². The van der Waals surface area contributed by atoms with E-state index in [-0.39, 0.29) is 0 Å². The van der Waals surface area contributed by atoms with Crippen molar-refractivity contribution in [3.8, 4) is 5.75 Å². The van der Waals surface area contributed by atoms with Crippen molar-refractivity contribution in [2.75, 3.05) is 12.3 Å². The first-order valence-electron chi connectivity index (χ1n) is 5.49. The average molecular weight is 220 g/mol. The summed E-state index contributed by atoms with van der Waals surface area (Å²) in [6.07, 6.45) is 3.72. The summed E-state index contributed by atoms with van der Waals surface area (Å²) in [5.74, 6) is 0.994. The van der Waals surface area contributed by atoms with Crippen molar-refractivity contribution < 1.29 is 9.53 Å². The fourth-order valence-electron chi connectivity index (χ4n) is 1.58. The maximum Gasteiger partial charge on any atom is 0.248 e. The number of ether oxygens (including phenoxy) is 1. The van der Waals surface area contributed by atoms with Crippen molar-refractivity contribution in [1.82, 2.24) is 0 Å². The quantitative estimate of drug-likeness (QED) is 0.739. The van der Waals surface area contributed by atoms with Gasteiger partial charge >= 0.3 is 0 Å². The summed E-state index contributed by atoms with van der Waals surface area (Å²) in [7, 11) is 0. The van der Waals surface area contributed by atoms with Crippen molar-refractivity contribution in [3.63, 3.8) is 0 Å². The van der Waals surface area contributed by atoms with E-state index in [0.717, 1.165) is 12.3 Å². The molecule has 0 spiro atoms. The van der Waals surface area contributed by atoms with Gasteiger partial charge in [0.1, 0.15) is 5.75 Å². The molecule has 1 amide bonds. The van der Waals surface area contributed by atoms with E-state index in [4.69, 9.17) is 16.2 Å². The molecular weight excluding hydrogens is 204 g/mol. The molecule has 86 valence electrons. The molecule has 0 saturated heterocycles. The minimum Gasteiger partial charge on any atom is -0.491 e. The molecule has 1 fully saturated rings. The van der Waals surface area contributed by atoms with Gasteiger partial charge in [0.25, 0.3) is 0 Å². The molecule has 16 heavy (non-hydrogen) atoms. The number of anilines is 1. The highest BCUT2D eigenvalue weighted by atomic mass is 16.5. The van der Waals surface area contributed by atoms with E-state index in [0.29, 0.717) is 23.6 Å². The number of nitrogens with two attached hydrogens (primary N) is 2. The van der Waals surface area contributed by atoms with Gasteiger partial charge in [-0.15, -0.1) is 0 Å². The molecule has 0 radical (unpaired) electrons. The first-order chi connectivity index (χ1) is 7.66. The number of nitrogen functional groups attached to an aromatic ring is 1. The summed E-state index contributed by atoms with van der Waals surface area (Å²) in [4.78, 5) is 10.9. The number of amides is 1. The standard InChI is InChI=1S/C12H16N2O2/c13-10-7-9(12(14)15)3-4-11(10)16-6-5-8-1-2-8/h3-4,7-8H,1-2,5-6,13H2,(H2,14,15). The lowest BCUT2D eigenvalue weighted by atomic mass is 10.2. The highest BCUT2D eigenvalue weighted by Gasteiger charge is 2.20. The van der Waals surface area contributed by atoms with Gasteiger partial charge in [-0.05, 0) is 30.5 Å².